The van der Waals surface area contributed by atoms with Crippen molar-refractivity contribution in [1.29, 1.82) is 0 Å². The molecule has 1 heterocycles. The summed E-state index contributed by atoms with van der Waals surface area (Å²) in [6.07, 6.45) is 2.98. The lowest BCUT2D eigenvalue weighted by Gasteiger charge is -2.42. The van der Waals surface area contributed by atoms with Gasteiger partial charge in [0.1, 0.15) is 0 Å². The standard InChI is InChI=1S/C10H20N2O/c1-10(2)7-12(8-3-4-8)6-9(5-11)13-10/h8-9H,3-7,11H2,1-2H3. The first-order valence-electron chi connectivity index (χ1n) is 5.23. The van der Waals surface area contributed by atoms with Crippen LogP contribution in [0.5, 0.6) is 0 Å². The lowest BCUT2D eigenvalue weighted by molar-refractivity contribution is -0.133. The molecule has 1 unspecified atom stereocenters. The summed E-state index contributed by atoms with van der Waals surface area (Å²) in [6.45, 7) is 7.06. The summed E-state index contributed by atoms with van der Waals surface area (Å²) in [5, 5.41) is 0. The van der Waals surface area contributed by atoms with Crippen molar-refractivity contribution in [3.8, 4) is 0 Å². The number of hydrogen-bond acceptors (Lipinski definition) is 3. The number of nitrogens with zero attached hydrogens (tertiary/aromatic N) is 1. The Bertz CT molecular complexity index is 189. The van der Waals surface area contributed by atoms with Gasteiger partial charge in [0, 0.05) is 25.7 Å². The smallest absolute Gasteiger partial charge is 0.0831 e. The average Bonchev–Trinajstić information content (AvgIpc) is 2.83. The van der Waals surface area contributed by atoms with Crippen LogP contribution in [0.4, 0.5) is 0 Å². The van der Waals surface area contributed by atoms with E-state index in [2.05, 4.69) is 18.7 Å². The van der Waals surface area contributed by atoms with Crippen LogP contribution in [0, 0.1) is 0 Å². The van der Waals surface area contributed by atoms with Gasteiger partial charge in [-0.05, 0) is 26.7 Å². The van der Waals surface area contributed by atoms with Gasteiger partial charge in [-0.2, -0.15) is 0 Å². The van der Waals surface area contributed by atoms with Crippen LogP contribution >= 0.6 is 0 Å². The number of nitrogens with two attached hydrogens (primary N) is 1. The summed E-state index contributed by atoms with van der Waals surface area (Å²) in [5.41, 5.74) is 5.65. The highest BCUT2D eigenvalue weighted by molar-refractivity contribution is 4.93. The Morgan fingerprint density at radius 2 is 2.15 bits per heavy atom. The van der Waals surface area contributed by atoms with E-state index >= 15 is 0 Å². The van der Waals surface area contributed by atoms with E-state index in [4.69, 9.17) is 10.5 Å². The van der Waals surface area contributed by atoms with Crippen LogP contribution in [0.1, 0.15) is 26.7 Å². The quantitative estimate of drug-likeness (QED) is 0.682. The second kappa shape index (κ2) is 3.23. The summed E-state index contributed by atoms with van der Waals surface area (Å²) < 4.78 is 5.86. The predicted molar refractivity (Wildman–Crippen MR) is 52.6 cm³/mol. The lowest BCUT2D eigenvalue weighted by atomic mass is 10.1. The van der Waals surface area contributed by atoms with E-state index < -0.39 is 0 Å². The Morgan fingerprint density at radius 1 is 1.46 bits per heavy atom. The highest BCUT2D eigenvalue weighted by Crippen LogP contribution is 2.32. The minimum Gasteiger partial charge on any atom is -0.368 e. The van der Waals surface area contributed by atoms with Gasteiger partial charge >= 0.3 is 0 Å². The van der Waals surface area contributed by atoms with Crippen molar-refractivity contribution in [2.75, 3.05) is 19.6 Å². The highest BCUT2D eigenvalue weighted by atomic mass is 16.5. The summed E-state index contributed by atoms with van der Waals surface area (Å²) in [7, 11) is 0. The van der Waals surface area contributed by atoms with Crippen LogP contribution < -0.4 is 5.73 Å². The van der Waals surface area contributed by atoms with E-state index in [0.717, 1.165) is 19.1 Å². The van der Waals surface area contributed by atoms with Crippen LogP contribution in [0.15, 0.2) is 0 Å². The molecule has 3 heteroatoms. The molecule has 0 aromatic rings. The Labute approximate surface area is 80.2 Å². The number of morpholine rings is 1. The highest BCUT2D eigenvalue weighted by Gasteiger charge is 2.39. The van der Waals surface area contributed by atoms with Gasteiger partial charge in [-0.1, -0.05) is 0 Å². The molecule has 0 aromatic carbocycles. The van der Waals surface area contributed by atoms with Crippen molar-refractivity contribution in [2.45, 2.75) is 44.4 Å². The van der Waals surface area contributed by atoms with Gasteiger partial charge in [0.2, 0.25) is 0 Å². The molecule has 1 aliphatic heterocycles. The summed E-state index contributed by atoms with van der Waals surface area (Å²) in [5.74, 6) is 0. The van der Waals surface area contributed by atoms with Crippen molar-refractivity contribution in [2.24, 2.45) is 5.73 Å². The first-order valence-corrected chi connectivity index (χ1v) is 5.23. The lowest BCUT2D eigenvalue weighted by Crippen LogP contribution is -2.55. The molecule has 13 heavy (non-hydrogen) atoms. The first kappa shape index (κ1) is 9.44. The molecule has 1 saturated heterocycles. The van der Waals surface area contributed by atoms with Gasteiger partial charge in [-0.3, -0.25) is 4.90 Å². The third kappa shape index (κ3) is 2.22. The Balaban J connectivity index is 1.97. The van der Waals surface area contributed by atoms with E-state index in [9.17, 15) is 0 Å². The molecule has 2 rings (SSSR count). The second-order valence-corrected chi connectivity index (χ2v) is 4.90. The molecule has 1 saturated carbocycles. The van der Waals surface area contributed by atoms with Crippen LogP contribution in [-0.4, -0.2) is 42.3 Å². The fraction of sp³-hybridized carbons (Fsp3) is 1.00. The van der Waals surface area contributed by atoms with E-state index in [1.54, 1.807) is 0 Å². The summed E-state index contributed by atoms with van der Waals surface area (Å²) in [6, 6.07) is 0.831. The summed E-state index contributed by atoms with van der Waals surface area (Å²) >= 11 is 0. The largest absolute Gasteiger partial charge is 0.368 e. The number of rotatable bonds is 2. The van der Waals surface area contributed by atoms with Gasteiger partial charge in [0.25, 0.3) is 0 Å². The molecule has 0 bridgehead atoms. The molecular weight excluding hydrogens is 164 g/mol. The zero-order valence-corrected chi connectivity index (χ0v) is 8.62. The van der Waals surface area contributed by atoms with Crippen molar-refractivity contribution in [3.05, 3.63) is 0 Å². The van der Waals surface area contributed by atoms with Gasteiger partial charge in [-0.25, -0.2) is 0 Å². The van der Waals surface area contributed by atoms with E-state index in [-0.39, 0.29) is 11.7 Å². The normalized spacial score (nSPS) is 34.8. The molecule has 1 atom stereocenters. The van der Waals surface area contributed by atoms with Gasteiger partial charge in [-0.15, -0.1) is 0 Å². The van der Waals surface area contributed by atoms with Crippen molar-refractivity contribution < 1.29 is 4.74 Å². The van der Waals surface area contributed by atoms with Gasteiger partial charge in [0.05, 0.1) is 11.7 Å². The maximum absolute atomic E-state index is 5.86. The van der Waals surface area contributed by atoms with E-state index in [1.807, 2.05) is 0 Å². The van der Waals surface area contributed by atoms with Crippen LogP contribution in [-0.2, 0) is 4.74 Å². The SMILES string of the molecule is CC1(C)CN(C2CC2)CC(CN)O1. The topological polar surface area (TPSA) is 38.5 Å². The Kier molecular flexibility index (Phi) is 2.34. The first-order chi connectivity index (χ1) is 6.11. The summed E-state index contributed by atoms with van der Waals surface area (Å²) in [4.78, 5) is 2.54. The fourth-order valence-corrected chi connectivity index (χ4v) is 2.18. The molecule has 3 nitrogen and oxygen atoms in total. The van der Waals surface area contributed by atoms with Gasteiger partial charge < -0.3 is 10.5 Å². The van der Waals surface area contributed by atoms with Crippen LogP contribution in [0.3, 0.4) is 0 Å². The van der Waals surface area contributed by atoms with E-state index in [0.29, 0.717) is 6.54 Å². The predicted octanol–water partition coefficient (Wildman–Crippen LogP) is 0.587. The third-order valence-electron chi connectivity index (χ3n) is 2.83. The molecule has 2 N–H and O–H groups in total. The Hall–Kier alpha value is -0.120. The Morgan fingerprint density at radius 3 is 2.69 bits per heavy atom. The van der Waals surface area contributed by atoms with Crippen LogP contribution in [0.25, 0.3) is 0 Å². The van der Waals surface area contributed by atoms with Gasteiger partial charge in [0.15, 0.2) is 0 Å². The molecule has 0 spiro atoms. The maximum atomic E-state index is 5.86. The zero-order chi connectivity index (χ0) is 9.47. The molecule has 2 fully saturated rings. The average molecular weight is 184 g/mol. The number of ether oxygens (including phenoxy) is 1. The van der Waals surface area contributed by atoms with Crippen molar-refractivity contribution >= 4 is 0 Å². The number of hydrogen-bond donors (Lipinski definition) is 1. The fourth-order valence-electron chi connectivity index (χ4n) is 2.18. The molecule has 1 aliphatic carbocycles. The molecule has 0 aromatic heterocycles. The van der Waals surface area contributed by atoms with Crippen molar-refractivity contribution in [3.63, 3.8) is 0 Å². The zero-order valence-electron chi connectivity index (χ0n) is 8.62. The molecule has 0 amide bonds. The van der Waals surface area contributed by atoms with E-state index in [1.165, 1.54) is 12.8 Å². The second-order valence-electron chi connectivity index (χ2n) is 4.90. The molecular formula is C10H20N2O. The maximum Gasteiger partial charge on any atom is 0.0831 e. The minimum absolute atomic E-state index is 0.00905. The molecule has 2 aliphatic rings. The van der Waals surface area contributed by atoms with Crippen LogP contribution in [0.2, 0.25) is 0 Å². The minimum atomic E-state index is -0.00905. The third-order valence-corrected chi connectivity index (χ3v) is 2.83. The van der Waals surface area contributed by atoms with Crippen molar-refractivity contribution in [1.82, 2.24) is 4.90 Å². The monoisotopic (exact) mass is 184 g/mol. The molecule has 0 radical (unpaired) electrons. The molecule has 76 valence electrons.